The van der Waals surface area contributed by atoms with Crippen molar-refractivity contribution >= 4 is 15.9 Å². The van der Waals surface area contributed by atoms with Gasteiger partial charge in [-0.2, -0.15) is 0 Å². The molecule has 1 aliphatic heterocycles. The van der Waals surface area contributed by atoms with Gasteiger partial charge in [0.2, 0.25) is 0 Å². The highest BCUT2D eigenvalue weighted by atomic mass is 79.9. The quantitative estimate of drug-likeness (QED) is 0.780. The molecule has 1 saturated heterocycles. The van der Waals surface area contributed by atoms with E-state index in [1.54, 1.807) is 7.11 Å². The fourth-order valence-electron chi connectivity index (χ4n) is 2.06. The van der Waals surface area contributed by atoms with Crippen LogP contribution in [0.1, 0.15) is 12.1 Å². The minimum Gasteiger partial charge on any atom is -0.494 e. The molecule has 1 fully saturated rings. The Labute approximate surface area is 116 Å². The van der Waals surface area contributed by atoms with Gasteiger partial charge < -0.3 is 9.47 Å². The zero-order chi connectivity index (χ0) is 12.8. The molecule has 1 aromatic heterocycles. The van der Waals surface area contributed by atoms with E-state index < -0.39 is 0 Å². The van der Waals surface area contributed by atoms with E-state index in [2.05, 4.69) is 25.8 Å². The summed E-state index contributed by atoms with van der Waals surface area (Å²) < 4.78 is 11.3. The van der Waals surface area contributed by atoms with Gasteiger partial charge in [0.25, 0.3) is 0 Å². The molecule has 0 aromatic carbocycles. The molecular weight excluding hydrogens is 296 g/mol. The minimum absolute atomic E-state index is 0.784. The molecule has 0 spiro atoms. The largest absolute Gasteiger partial charge is 0.494 e. The molecule has 2 heterocycles. The normalized spacial score (nSPS) is 16.8. The third-order valence-electron chi connectivity index (χ3n) is 3.10. The molecular formula is C13H19BrN2O2. The Morgan fingerprint density at radius 3 is 2.83 bits per heavy atom. The van der Waals surface area contributed by atoms with E-state index in [1.165, 1.54) is 0 Å². The Hall–Kier alpha value is -0.650. The van der Waals surface area contributed by atoms with Gasteiger partial charge in [-0.1, -0.05) is 0 Å². The number of nitrogens with zero attached hydrogens (tertiary/aromatic N) is 2. The average Bonchev–Trinajstić information content (AvgIpc) is 2.40. The summed E-state index contributed by atoms with van der Waals surface area (Å²) in [6, 6.07) is 3.99. The second-order valence-electron chi connectivity index (χ2n) is 4.35. The molecule has 0 atom stereocenters. The Kier molecular flexibility index (Phi) is 5.41. The second kappa shape index (κ2) is 7.07. The average molecular weight is 315 g/mol. The van der Waals surface area contributed by atoms with Crippen molar-refractivity contribution < 1.29 is 9.47 Å². The smallest absolute Gasteiger partial charge is 0.151 e. The SMILES string of the molecule is COc1ccc(CCCN2CCOCC2)nc1Br. The van der Waals surface area contributed by atoms with Crippen molar-refractivity contribution in [3.63, 3.8) is 0 Å². The van der Waals surface area contributed by atoms with Crippen molar-refractivity contribution in [1.82, 2.24) is 9.88 Å². The fourth-order valence-corrected chi connectivity index (χ4v) is 2.58. The highest BCUT2D eigenvalue weighted by Gasteiger charge is 2.10. The molecule has 0 unspecified atom stereocenters. The van der Waals surface area contributed by atoms with Crippen LogP contribution in [0.2, 0.25) is 0 Å². The summed E-state index contributed by atoms with van der Waals surface area (Å²) in [6.07, 6.45) is 2.13. The van der Waals surface area contributed by atoms with Gasteiger partial charge in [-0.3, -0.25) is 4.90 Å². The van der Waals surface area contributed by atoms with E-state index in [0.717, 1.165) is 61.7 Å². The van der Waals surface area contributed by atoms with Crippen LogP contribution in [0.15, 0.2) is 16.7 Å². The van der Waals surface area contributed by atoms with Gasteiger partial charge in [0.05, 0.1) is 20.3 Å². The lowest BCUT2D eigenvalue weighted by atomic mass is 10.2. The molecule has 0 N–H and O–H groups in total. The number of halogens is 1. The van der Waals surface area contributed by atoms with E-state index in [1.807, 2.05) is 12.1 Å². The van der Waals surface area contributed by atoms with Crippen LogP contribution in [0, 0.1) is 0 Å². The fraction of sp³-hybridized carbons (Fsp3) is 0.615. The van der Waals surface area contributed by atoms with Crippen LogP contribution in [-0.4, -0.2) is 49.8 Å². The monoisotopic (exact) mass is 314 g/mol. The number of methoxy groups -OCH3 is 1. The molecule has 100 valence electrons. The maximum atomic E-state index is 5.33. The number of pyridine rings is 1. The van der Waals surface area contributed by atoms with Crippen molar-refractivity contribution in [1.29, 1.82) is 0 Å². The Morgan fingerprint density at radius 2 is 2.17 bits per heavy atom. The molecule has 0 aliphatic carbocycles. The third kappa shape index (κ3) is 3.93. The molecule has 2 rings (SSSR count). The molecule has 0 bridgehead atoms. The van der Waals surface area contributed by atoms with Crippen LogP contribution in [-0.2, 0) is 11.2 Å². The molecule has 0 saturated carbocycles. The summed E-state index contributed by atoms with van der Waals surface area (Å²) >= 11 is 3.41. The summed E-state index contributed by atoms with van der Waals surface area (Å²) in [5, 5.41) is 0. The lowest BCUT2D eigenvalue weighted by molar-refractivity contribution is 0.0374. The molecule has 1 aliphatic rings. The van der Waals surface area contributed by atoms with Crippen LogP contribution in [0.5, 0.6) is 5.75 Å². The van der Waals surface area contributed by atoms with E-state index >= 15 is 0 Å². The van der Waals surface area contributed by atoms with Crippen molar-refractivity contribution in [2.24, 2.45) is 0 Å². The van der Waals surface area contributed by atoms with Crippen LogP contribution >= 0.6 is 15.9 Å². The highest BCUT2D eigenvalue weighted by Crippen LogP contribution is 2.22. The molecule has 0 radical (unpaired) electrons. The molecule has 4 nitrogen and oxygen atoms in total. The maximum absolute atomic E-state index is 5.33. The number of rotatable bonds is 5. The van der Waals surface area contributed by atoms with Crippen molar-refractivity contribution in [3.8, 4) is 5.75 Å². The summed E-state index contributed by atoms with van der Waals surface area (Å²) in [5.74, 6) is 0.784. The topological polar surface area (TPSA) is 34.6 Å². The van der Waals surface area contributed by atoms with E-state index in [0.29, 0.717) is 0 Å². The number of aromatic nitrogens is 1. The number of morpholine rings is 1. The number of aryl methyl sites for hydroxylation is 1. The predicted octanol–water partition coefficient (Wildman–Crippen LogP) is 2.12. The Bertz CT molecular complexity index is 381. The summed E-state index contributed by atoms with van der Waals surface area (Å²) in [5.41, 5.74) is 1.11. The number of ether oxygens (including phenoxy) is 2. The molecule has 0 amide bonds. The Morgan fingerprint density at radius 1 is 1.39 bits per heavy atom. The summed E-state index contributed by atoms with van der Waals surface area (Å²) in [6.45, 7) is 4.97. The first-order valence-electron chi connectivity index (χ1n) is 6.29. The van der Waals surface area contributed by atoms with Crippen LogP contribution in [0.25, 0.3) is 0 Å². The lowest BCUT2D eigenvalue weighted by Crippen LogP contribution is -2.36. The van der Waals surface area contributed by atoms with Gasteiger partial charge in [0.1, 0.15) is 4.60 Å². The van der Waals surface area contributed by atoms with Crippen LogP contribution in [0.4, 0.5) is 0 Å². The van der Waals surface area contributed by atoms with Gasteiger partial charge in [-0.05, 0) is 47.4 Å². The van der Waals surface area contributed by atoms with Crippen molar-refractivity contribution in [2.45, 2.75) is 12.8 Å². The van der Waals surface area contributed by atoms with Crippen LogP contribution < -0.4 is 4.74 Å². The first kappa shape index (κ1) is 13.8. The molecule has 18 heavy (non-hydrogen) atoms. The minimum atomic E-state index is 0.784. The van der Waals surface area contributed by atoms with E-state index in [4.69, 9.17) is 9.47 Å². The highest BCUT2D eigenvalue weighted by molar-refractivity contribution is 9.10. The van der Waals surface area contributed by atoms with Gasteiger partial charge in [-0.15, -0.1) is 0 Å². The standard InChI is InChI=1S/C13H19BrN2O2/c1-17-12-5-4-11(15-13(12)14)3-2-6-16-7-9-18-10-8-16/h4-5H,2-3,6-10H2,1H3. The van der Waals surface area contributed by atoms with E-state index in [-0.39, 0.29) is 0 Å². The van der Waals surface area contributed by atoms with Crippen molar-refractivity contribution in [3.05, 3.63) is 22.4 Å². The molecule has 1 aromatic rings. The van der Waals surface area contributed by atoms with Gasteiger partial charge in [0, 0.05) is 18.8 Å². The second-order valence-corrected chi connectivity index (χ2v) is 5.10. The van der Waals surface area contributed by atoms with Gasteiger partial charge in [0.15, 0.2) is 5.75 Å². The predicted molar refractivity (Wildman–Crippen MR) is 74.1 cm³/mol. The zero-order valence-electron chi connectivity index (χ0n) is 10.7. The van der Waals surface area contributed by atoms with Gasteiger partial charge in [-0.25, -0.2) is 4.98 Å². The number of hydrogen-bond donors (Lipinski definition) is 0. The summed E-state index contributed by atoms with van der Waals surface area (Å²) in [7, 11) is 1.65. The van der Waals surface area contributed by atoms with E-state index in [9.17, 15) is 0 Å². The molecule has 5 heteroatoms. The first-order chi connectivity index (χ1) is 8.79. The van der Waals surface area contributed by atoms with Crippen molar-refractivity contribution in [2.75, 3.05) is 40.0 Å². The first-order valence-corrected chi connectivity index (χ1v) is 7.08. The third-order valence-corrected chi connectivity index (χ3v) is 3.67. The van der Waals surface area contributed by atoms with Gasteiger partial charge >= 0.3 is 0 Å². The Balaban J connectivity index is 1.77. The lowest BCUT2D eigenvalue weighted by Gasteiger charge is -2.26. The van der Waals surface area contributed by atoms with Crippen LogP contribution in [0.3, 0.4) is 0 Å². The maximum Gasteiger partial charge on any atom is 0.151 e. The number of hydrogen-bond acceptors (Lipinski definition) is 4. The summed E-state index contributed by atoms with van der Waals surface area (Å²) in [4.78, 5) is 6.92. The zero-order valence-corrected chi connectivity index (χ0v) is 12.3.